The number of hydrogen-bond acceptors (Lipinski definition) is 7. The van der Waals surface area contributed by atoms with Crippen LogP contribution >= 0.6 is 0 Å². The van der Waals surface area contributed by atoms with Gasteiger partial charge in [0.15, 0.2) is 29.6 Å². The monoisotopic (exact) mass is 387 g/mol. The molecule has 1 amide bonds. The fourth-order valence-corrected chi connectivity index (χ4v) is 2.73. The first kappa shape index (κ1) is 19.3. The first-order valence-electron chi connectivity index (χ1n) is 8.60. The summed E-state index contributed by atoms with van der Waals surface area (Å²) in [5.74, 6) is 1.16. The number of hydrogen-bond donors (Lipinski definition) is 1. The van der Waals surface area contributed by atoms with Crippen molar-refractivity contribution < 1.29 is 33.3 Å². The van der Waals surface area contributed by atoms with Gasteiger partial charge in [0.05, 0.1) is 25.8 Å². The van der Waals surface area contributed by atoms with Crippen molar-refractivity contribution in [3.8, 4) is 23.0 Å². The SMILES string of the molecule is COc1ccc(C(=O)OCC(=O)N[C@@H](C)c2ccc3c(c2)OCO3)cc1OC. The van der Waals surface area contributed by atoms with Crippen molar-refractivity contribution in [2.45, 2.75) is 13.0 Å². The van der Waals surface area contributed by atoms with Gasteiger partial charge in [-0.1, -0.05) is 6.07 Å². The second kappa shape index (κ2) is 8.51. The molecule has 2 aromatic carbocycles. The molecule has 1 heterocycles. The van der Waals surface area contributed by atoms with E-state index in [1.807, 2.05) is 19.1 Å². The topological polar surface area (TPSA) is 92.3 Å². The minimum absolute atomic E-state index is 0.186. The predicted octanol–water partition coefficient (Wildman–Crippen LogP) is 2.47. The number of esters is 1. The van der Waals surface area contributed by atoms with Crippen molar-refractivity contribution in [1.29, 1.82) is 0 Å². The maximum absolute atomic E-state index is 12.2. The first-order chi connectivity index (χ1) is 13.5. The van der Waals surface area contributed by atoms with E-state index in [1.54, 1.807) is 12.1 Å². The van der Waals surface area contributed by atoms with Crippen molar-refractivity contribution in [3.63, 3.8) is 0 Å². The molecule has 1 atom stereocenters. The lowest BCUT2D eigenvalue weighted by molar-refractivity contribution is -0.124. The third kappa shape index (κ3) is 4.28. The summed E-state index contributed by atoms with van der Waals surface area (Å²) in [7, 11) is 2.97. The molecule has 8 nitrogen and oxygen atoms in total. The van der Waals surface area contributed by atoms with Gasteiger partial charge in [0, 0.05) is 0 Å². The van der Waals surface area contributed by atoms with E-state index >= 15 is 0 Å². The van der Waals surface area contributed by atoms with Gasteiger partial charge in [0.25, 0.3) is 5.91 Å². The summed E-state index contributed by atoms with van der Waals surface area (Å²) in [6, 6.07) is 9.78. The van der Waals surface area contributed by atoms with Crippen LogP contribution in [0.25, 0.3) is 0 Å². The van der Waals surface area contributed by atoms with Crippen LogP contribution in [0.15, 0.2) is 36.4 Å². The lowest BCUT2D eigenvalue weighted by atomic mass is 10.1. The van der Waals surface area contributed by atoms with Crippen LogP contribution in [0.1, 0.15) is 28.9 Å². The van der Waals surface area contributed by atoms with Crippen LogP contribution in [-0.2, 0) is 9.53 Å². The van der Waals surface area contributed by atoms with E-state index in [0.29, 0.717) is 23.0 Å². The van der Waals surface area contributed by atoms with Crippen molar-refractivity contribution in [3.05, 3.63) is 47.5 Å². The summed E-state index contributed by atoms with van der Waals surface area (Å²) < 4.78 is 26.0. The zero-order valence-corrected chi connectivity index (χ0v) is 15.8. The van der Waals surface area contributed by atoms with E-state index in [1.165, 1.54) is 26.4 Å². The highest BCUT2D eigenvalue weighted by molar-refractivity contribution is 5.92. The molecule has 0 saturated carbocycles. The molecular weight excluding hydrogens is 366 g/mol. The average Bonchev–Trinajstić information content (AvgIpc) is 3.19. The summed E-state index contributed by atoms with van der Waals surface area (Å²) in [5, 5.41) is 2.78. The van der Waals surface area contributed by atoms with Gasteiger partial charge in [-0.25, -0.2) is 4.79 Å². The van der Waals surface area contributed by atoms with Crippen molar-refractivity contribution in [1.82, 2.24) is 5.32 Å². The van der Waals surface area contributed by atoms with Crippen LogP contribution in [0, 0.1) is 0 Å². The molecule has 28 heavy (non-hydrogen) atoms. The Morgan fingerprint density at radius 3 is 2.54 bits per heavy atom. The molecule has 1 aliphatic rings. The third-order valence-corrected chi connectivity index (χ3v) is 4.23. The molecule has 0 aliphatic carbocycles. The molecule has 3 rings (SSSR count). The molecule has 1 N–H and O–H groups in total. The van der Waals surface area contributed by atoms with E-state index in [2.05, 4.69) is 5.32 Å². The molecule has 0 saturated heterocycles. The van der Waals surface area contributed by atoms with E-state index in [0.717, 1.165) is 5.56 Å². The Bertz CT molecular complexity index is 881. The highest BCUT2D eigenvalue weighted by atomic mass is 16.7. The van der Waals surface area contributed by atoms with E-state index in [4.69, 9.17) is 23.7 Å². The number of rotatable bonds is 7. The fourth-order valence-electron chi connectivity index (χ4n) is 2.73. The number of carbonyl (C=O) groups excluding carboxylic acids is 2. The van der Waals surface area contributed by atoms with Gasteiger partial charge < -0.3 is 29.0 Å². The number of carbonyl (C=O) groups is 2. The number of benzene rings is 2. The van der Waals surface area contributed by atoms with Crippen molar-refractivity contribution >= 4 is 11.9 Å². The van der Waals surface area contributed by atoms with Gasteiger partial charge in [-0.05, 0) is 42.8 Å². The second-order valence-electron chi connectivity index (χ2n) is 6.05. The molecule has 0 aromatic heterocycles. The quantitative estimate of drug-likeness (QED) is 0.730. The number of fused-ring (bicyclic) bond motifs is 1. The third-order valence-electron chi connectivity index (χ3n) is 4.23. The van der Waals surface area contributed by atoms with Crippen LogP contribution < -0.4 is 24.3 Å². The van der Waals surface area contributed by atoms with Gasteiger partial charge >= 0.3 is 5.97 Å². The minimum atomic E-state index is -0.633. The lowest BCUT2D eigenvalue weighted by Gasteiger charge is -2.15. The van der Waals surface area contributed by atoms with Gasteiger partial charge in [0.2, 0.25) is 6.79 Å². The number of amides is 1. The predicted molar refractivity (Wildman–Crippen MR) is 99.0 cm³/mol. The molecule has 1 aliphatic heterocycles. The van der Waals surface area contributed by atoms with Crippen molar-refractivity contribution in [2.24, 2.45) is 0 Å². The zero-order chi connectivity index (χ0) is 20.1. The lowest BCUT2D eigenvalue weighted by Crippen LogP contribution is -2.31. The number of methoxy groups -OCH3 is 2. The maximum Gasteiger partial charge on any atom is 0.338 e. The van der Waals surface area contributed by atoms with E-state index < -0.39 is 18.5 Å². The summed E-state index contributed by atoms with van der Waals surface area (Å²) in [5.41, 5.74) is 1.11. The van der Waals surface area contributed by atoms with Crippen molar-refractivity contribution in [2.75, 3.05) is 27.6 Å². The smallest absolute Gasteiger partial charge is 0.338 e. The van der Waals surface area contributed by atoms with E-state index in [9.17, 15) is 9.59 Å². The molecule has 0 bridgehead atoms. The largest absolute Gasteiger partial charge is 0.493 e. The molecule has 0 fully saturated rings. The molecular formula is C20H21NO7. The average molecular weight is 387 g/mol. The van der Waals surface area contributed by atoms with Crippen LogP contribution in [0.4, 0.5) is 0 Å². The Balaban J connectivity index is 1.54. The van der Waals surface area contributed by atoms with Crippen LogP contribution in [0.2, 0.25) is 0 Å². The standard InChI is InChI=1S/C20H21NO7/c1-12(13-4-7-16-18(8-13)28-11-27-16)21-19(22)10-26-20(23)14-5-6-15(24-2)17(9-14)25-3/h4-9,12H,10-11H2,1-3H3,(H,21,22)/t12-/m0/s1. The van der Waals surface area contributed by atoms with E-state index in [-0.39, 0.29) is 18.4 Å². The van der Waals surface area contributed by atoms with Gasteiger partial charge in [-0.2, -0.15) is 0 Å². The Hall–Kier alpha value is -3.42. The summed E-state index contributed by atoms with van der Waals surface area (Å²) in [4.78, 5) is 24.3. The minimum Gasteiger partial charge on any atom is -0.493 e. The van der Waals surface area contributed by atoms with Crippen LogP contribution in [0.3, 0.4) is 0 Å². The Morgan fingerprint density at radius 1 is 1.04 bits per heavy atom. The Morgan fingerprint density at radius 2 is 1.79 bits per heavy atom. The molecule has 0 spiro atoms. The molecule has 2 aromatic rings. The van der Waals surface area contributed by atoms with Gasteiger partial charge in [-0.15, -0.1) is 0 Å². The molecule has 148 valence electrons. The highest BCUT2D eigenvalue weighted by Crippen LogP contribution is 2.34. The molecule has 8 heteroatoms. The highest BCUT2D eigenvalue weighted by Gasteiger charge is 2.18. The maximum atomic E-state index is 12.2. The van der Waals surface area contributed by atoms with Crippen LogP contribution in [-0.4, -0.2) is 39.5 Å². The summed E-state index contributed by atoms with van der Waals surface area (Å²) in [6.45, 7) is 1.61. The normalized spacial score (nSPS) is 12.8. The fraction of sp³-hybridized carbons (Fsp3) is 0.300. The number of nitrogens with one attached hydrogen (secondary N) is 1. The Kier molecular flexibility index (Phi) is 5.88. The molecule has 0 radical (unpaired) electrons. The van der Waals surface area contributed by atoms with Gasteiger partial charge in [-0.3, -0.25) is 4.79 Å². The zero-order valence-electron chi connectivity index (χ0n) is 15.8. The summed E-state index contributed by atoms with van der Waals surface area (Å²) in [6.07, 6.45) is 0. The Labute approximate surface area is 162 Å². The molecule has 0 unspecified atom stereocenters. The van der Waals surface area contributed by atoms with Crippen LogP contribution in [0.5, 0.6) is 23.0 Å². The summed E-state index contributed by atoms with van der Waals surface area (Å²) >= 11 is 0. The second-order valence-corrected chi connectivity index (χ2v) is 6.05. The first-order valence-corrected chi connectivity index (χ1v) is 8.60. The number of ether oxygens (including phenoxy) is 5. The van der Waals surface area contributed by atoms with Gasteiger partial charge in [0.1, 0.15) is 0 Å².